The lowest BCUT2D eigenvalue weighted by molar-refractivity contribution is 0.597. The molecule has 0 saturated heterocycles. The van der Waals surface area contributed by atoms with Gasteiger partial charge in [0.05, 0.1) is 9.79 Å². The van der Waals surface area contributed by atoms with Crippen LogP contribution < -0.4 is 15.2 Å². The zero-order chi connectivity index (χ0) is 20.4. The Morgan fingerprint density at radius 2 is 1.46 bits per heavy atom. The number of hydrogen-bond acceptors (Lipinski definition) is 7. The molecule has 0 unspecified atom stereocenters. The number of anilines is 3. The second kappa shape index (κ2) is 7.83. The van der Waals surface area contributed by atoms with Gasteiger partial charge in [0, 0.05) is 16.4 Å². The van der Waals surface area contributed by atoms with E-state index in [4.69, 9.17) is 5.14 Å². The van der Waals surface area contributed by atoms with Gasteiger partial charge in [0.2, 0.25) is 16.0 Å². The largest absolute Gasteiger partial charge is 0.340 e. The van der Waals surface area contributed by atoms with Crippen LogP contribution in [0.15, 0.2) is 75.1 Å². The summed E-state index contributed by atoms with van der Waals surface area (Å²) >= 11 is 3.25. The number of nitrogens with two attached hydrogens (primary N) is 1. The number of primary sulfonamides is 1. The van der Waals surface area contributed by atoms with Gasteiger partial charge in [-0.25, -0.2) is 31.7 Å². The van der Waals surface area contributed by atoms with Crippen LogP contribution in [0, 0.1) is 0 Å². The molecule has 28 heavy (non-hydrogen) atoms. The Morgan fingerprint density at radius 3 is 2.07 bits per heavy atom. The van der Waals surface area contributed by atoms with E-state index in [9.17, 15) is 16.8 Å². The van der Waals surface area contributed by atoms with Crippen molar-refractivity contribution in [2.24, 2.45) is 5.14 Å². The molecule has 3 rings (SSSR count). The van der Waals surface area contributed by atoms with Crippen LogP contribution in [0.5, 0.6) is 0 Å². The Bertz CT molecular complexity index is 1200. The van der Waals surface area contributed by atoms with E-state index in [0.717, 1.165) is 4.47 Å². The number of nitrogens with zero attached hydrogens (tertiary/aromatic N) is 2. The van der Waals surface area contributed by atoms with Crippen LogP contribution in [0.2, 0.25) is 0 Å². The number of hydrogen-bond donors (Lipinski definition) is 3. The Balaban J connectivity index is 1.78. The second-order valence-corrected chi connectivity index (χ2v) is 9.68. The molecule has 2 aromatic carbocycles. The van der Waals surface area contributed by atoms with Crippen LogP contribution in [0.4, 0.5) is 17.5 Å². The highest BCUT2D eigenvalue weighted by Gasteiger charge is 2.16. The molecule has 0 bridgehead atoms. The molecule has 1 aromatic heterocycles. The highest BCUT2D eigenvalue weighted by atomic mass is 79.9. The summed E-state index contributed by atoms with van der Waals surface area (Å²) in [5.74, 6) is 0.195. The van der Waals surface area contributed by atoms with Crippen molar-refractivity contribution in [3.05, 3.63) is 65.3 Å². The molecule has 9 nitrogen and oxygen atoms in total. The fourth-order valence-electron chi connectivity index (χ4n) is 2.15. The van der Waals surface area contributed by atoms with Crippen molar-refractivity contribution in [2.75, 3.05) is 10.0 Å². The van der Waals surface area contributed by atoms with E-state index in [1.807, 2.05) is 0 Å². The van der Waals surface area contributed by atoms with Crippen LogP contribution in [0.3, 0.4) is 0 Å². The first kappa shape index (κ1) is 20.2. The van der Waals surface area contributed by atoms with E-state index in [-0.39, 0.29) is 15.7 Å². The SMILES string of the molecule is NS(=O)(=O)c1ccc(Nc2ccnc(NS(=O)(=O)c3ccc(Br)cc3)n2)cc1. The molecule has 0 amide bonds. The number of benzene rings is 2. The minimum Gasteiger partial charge on any atom is -0.340 e. The van der Waals surface area contributed by atoms with Gasteiger partial charge in [-0.2, -0.15) is 4.98 Å². The van der Waals surface area contributed by atoms with Crippen LogP contribution >= 0.6 is 15.9 Å². The number of nitrogens with one attached hydrogen (secondary N) is 2. The standard InChI is InChI=1S/C16H14BrN5O4S2/c17-11-1-5-14(6-2-11)28(25,26)22-16-19-10-9-15(21-16)20-12-3-7-13(8-4-12)27(18,23)24/h1-10H,(H2,18,23,24)(H2,19,20,21,22). The van der Waals surface area contributed by atoms with Crippen LogP contribution in [0.1, 0.15) is 0 Å². The summed E-state index contributed by atoms with van der Waals surface area (Å²) in [6.07, 6.45) is 1.38. The second-order valence-electron chi connectivity index (χ2n) is 5.52. The van der Waals surface area contributed by atoms with Crippen molar-refractivity contribution in [1.82, 2.24) is 9.97 Å². The van der Waals surface area contributed by atoms with E-state index in [2.05, 4.69) is 35.9 Å². The molecule has 0 aliphatic heterocycles. The van der Waals surface area contributed by atoms with Crippen molar-refractivity contribution >= 4 is 53.4 Å². The molecule has 0 aliphatic rings. The maximum absolute atomic E-state index is 12.4. The predicted octanol–water partition coefficient (Wildman–Crippen LogP) is 2.43. The zero-order valence-electron chi connectivity index (χ0n) is 14.1. The van der Waals surface area contributed by atoms with Gasteiger partial charge >= 0.3 is 0 Å². The summed E-state index contributed by atoms with van der Waals surface area (Å²) in [5, 5.41) is 7.99. The molecular formula is C16H14BrN5O4S2. The first-order valence-electron chi connectivity index (χ1n) is 7.65. The van der Waals surface area contributed by atoms with Crippen LogP contribution in [-0.4, -0.2) is 26.8 Å². The highest BCUT2D eigenvalue weighted by Crippen LogP contribution is 2.20. The highest BCUT2D eigenvalue weighted by molar-refractivity contribution is 9.10. The molecule has 0 spiro atoms. The Kier molecular flexibility index (Phi) is 5.65. The van der Waals surface area contributed by atoms with Crippen molar-refractivity contribution in [2.45, 2.75) is 9.79 Å². The average Bonchev–Trinajstić information content (AvgIpc) is 2.62. The van der Waals surface area contributed by atoms with Gasteiger partial charge in [0.25, 0.3) is 10.0 Å². The van der Waals surface area contributed by atoms with E-state index in [0.29, 0.717) is 11.5 Å². The smallest absolute Gasteiger partial charge is 0.264 e. The quantitative estimate of drug-likeness (QED) is 0.487. The monoisotopic (exact) mass is 483 g/mol. The zero-order valence-corrected chi connectivity index (χ0v) is 17.3. The number of halogens is 1. The van der Waals surface area contributed by atoms with E-state index >= 15 is 0 Å². The molecule has 4 N–H and O–H groups in total. The van der Waals surface area contributed by atoms with Crippen LogP contribution in [-0.2, 0) is 20.0 Å². The molecule has 0 atom stereocenters. The topological polar surface area (TPSA) is 144 Å². The first-order chi connectivity index (χ1) is 13.1. The summed E-state index contributed by atoms with van der Waals surface area (Å²) in [6, 6.07) is 13.3. The van der Waals surface area contributed by atoms with E-state index in [1.54, 1.807) is 12.1 Å². The summed E-state index contributed by atoms with van der Waals surface area (Å²) in [6.45, 7) is 0. The minimum atomic E-state index is -3.85. The van der Waals surface area contributed by atoms with Crippen molar-refractivity contribution in [3.8, 4) is 0 Å². The normalized spacial score (nSPS) is 11.8. The Morgan fingerprint density at radius 1 is 0.857 bits per heavy atom. The summed E-state index contributed by atoms with van der Waals surface area (Å²) in [4.78, 5) is 8.05. The van der Waals surface area contributed by atoms with Crippen molar-refractivity contribution in [3.63, 3.8) is 0 Å². The average molecular weight is 484 g/mol. The van der Waals surface area contributed by atoms with E-state index < -0.39 is 20.0 Å². The van der Waals surface area contributed by atoms with Gasteiger partial charge in [0.15, 0.2) is 0 Å². The van der Waals surface area contributed by atoms with Crippen molar-refractivity contribution in [1.29, 1.82) is 0 Å². The third-order valence-corrected chi connectivity index (χ3v) is 6.26. The maximum Gasteiger partial charge on any atom is 0.264 e. The van der Waals surface area contributed by atoms with Crippen LogP contribution in [0.25, 0.3) is 0 Å². The first-order valence-corrected chi connectivity index (χ1v) is 11.5. The molecule has 0 radical (unpaired) electrons. The number of rotatable bonds is 6. The number of aromatic nitrogens is 2. The summed E-state index contributed by atoms with van der Waals surface area (Å²) in [5.41, 5.74) is 0.535. The Hall–Kier alpha value is -2.54. The van der Waals surface area contributed by atoms with Gasteiger partial charge in [-0.3, -0.25) is 0 Å². The van der Waals surface area contributed by atoms with E-state index in [1.165, 1.54) is 48.7 Å². The fourth-order valence-corrected chi connectivity index (χ4v) is 3.88. The molecule has 3 aromatic rings. The van der Waals surface area contributed by atoms with Gasteiger partial charge in [-0.05, 0) is 54.6 Å². The van der Waals surface area contributed by atoms with Gasteiger partial charge in [-0.15, -0.1) is 0 Å². The lowest BCUT2D eigenvalue weighted by Gasteiger charge is -2.09. The molecular weight excluding hydrogens is 470 g/mol. The molecule has 12 heteroatoms. The fraction of sp³-hybridized carbons (Fsp3) is 0. The third kappa shape index (κ3) is 5.04. The molecule has 0 saturated carbocycles. The molecule has 146 valence electrons. The lowest BCUT2D eigenvalue weighted by Crippen LogP contribution is -2.15. The van der Waals surface area contributed by atoms with Crippen molar-refractivity contribution < 1.29 is 16.8 Å². The predicted molar refractivity (Wildman–Crippen MR) is 108 cm³/mol. The number of sulfonamides is 2. The molecule has 0 fully saturated rings. The Labute approximate surface area is 170 Å². The molecule has 1 heterocycles. The molecule has 0 aliphatic carbocycles. The maximum atomic E-state index is 12.4. The van der Waals surface area contributed by atoms with Gasteiger partial charge in [-0.1, -0.05) is 15.9 Å². The van der Waals surface area contributed by atoms with Gasteiger partial charge in [0.1, 0.15) is 5.82 Å². The summed E-state index contributed by atoms with van der Waals surface area (Å²) < 4.78 is 50.5. The summed E-state index contributed by atoms with van der Waals surface area (Å²) in [7, 11) is -7.63. The minimum absolute atomic E-state index is 0.0244. The third-order valence-electron chi connectivity index (χ3n) is 3.46. The lowest BCUT2D eigenvalue weighted by atomic mass is 10.3. The van der Waals surface area contributed by atoms with Gasteiger partial charge < -0.3 is 5.32 Å².